The van der Waals surface area contributed by atoms with Crippen LogP contribution >= 0.6 is 0 Å². The number of hydrogen-bond donors (Lipinski definition) is 2. The van der Waals surface area contributed by atoms with Crippen molar-refractivity contribution in [2.75, 3.05) is 25.3 Å². The molecule has 37 heavy (non-hydrogen) atoms. The highest BCUT2D eigenvalue weighted by Crippen LogP contribution is 2.32. The SMILES string of the molecule is CC(C(=O)NCc1ccc(C(F)(F)F)nc1-c1cccc(N(C)C)c1)c1ccc(CNS(C)=O)c(F)c1. The molecule has 2 N–H and O–H groups in total. The van der Waals surface area contributed by atoms with E-state index >= 15 is 0 Å². The summed E-state index contributed by atoms with van der Waals surface area (Å²) < 4.78 is 68.4. The Balaban J connectivity index is 1.82. The van der Waals surface area contributed by atoms with E-state index in [0.29, 0.717) is 22.3 Å². The number of nitrogens with one attached hydrogen (secondary N) is 2. The first-order valence-corrected chi connectivity index (χ1v) is 12.9. The lowest BCUT2D eigenvalue weighted by Gasteiger charge is -2.18. The van der Waals surface area contributed by atoms with E-state index in [1.165, 1.54) is 24.5 Å². The van der Waals surface area contributed by atoms with E-state index in [1.54, 1.807) is 31.2 Å². The lowest BCUT2D eigenvalue weighted by molar-refractivity contribution is -0.141. The number of hydrogen-bond acceptors (Lipinski definition) is 4. The third-order valence-corrected chi connectivity index (χ3v) is 6.35. The first-order chi connectivity index (χ1) is 17.4. The summed E-state index contributed by atoms with van der Waals surface area (Å²) in [5, 5.41) is 2.73. The summed E-state index contributed by atoms with van der Waals surface area (Å²) in [6.07, 6.45) is -3.18. The van der Waals surface area contributed by atoms with Crippen LogP contribution in [-0.2, 0) is 35.0 Å². The van der Waals surface area contributed by atoms with Gasteiger partial charge >= 0.3 is 6.18 Å². The highest BCUT2D eigenvalue weighted by molar-refractivity contribution is 7.82. The van der Waals surface area contributed by atoms with Crippen LogP contribution in [-0.4, -0.2) is 35.5 Å². The highest BCUT2D eigenvalue weighted by Gasteiger charge is 2.33. The summed E-state index contributed by atoms with van der Waals surface area (Å²) in [5.74, 6) is -1.68. The fourth-order valence-corrected chi connectivity index (χ4v) is 3.97. The maximum absolute atomic E-state index is 14.5. The number of alkyl halides is 3. The van der Waals surface area contributed by atoms with Gasteiger partial charge in [0.2, 0.25) is 5.91 Å². The molecule has 0 bridgehead atoms. The van der Waals surface area contributed by atoms with Gasteiger partial charge in [-0.3, -0.25) is 4.79 Å². The lowest BCUT2D eigenvalue weighted by Crippen LogP contribution is -2.28. The lowest BCUT2D eigenvalue weighted by atomic mass is 9.98. The van der Waals surface area contributed by atoms with Crippen LogP contribution in [0.5, 0.6) is 0 Å². The number of carbonyl (C=O) groups excluding carboxylic acids is 1. The molecule has 0 saturated heterocycles. The molecule has 0 aliphatic carbocycles. The van der Waals surface area contributed by atoms with Crippen molar-refractivity contribution in [2.24, 2.45) is 0 Å². The number of benzene rings is 2. The number of amides is 1. The maximum Gasteiger partial charge on any atom is 0.433 e. The number of pyridine rings is 1. The van der Waals surface area contributed by atoms with Gasteiger partial charge in [-0.15, -0.1) is 0 Å². The number of anilines is 1. The number of nitrogens with zero attached hydrogens (tertiary/aromatic N) is 2. The van der Waals surface area contributed by atoms with E-state index in [0.717, 1.165) is 11.8 Å². The van der Waals surface area contributed by atoms with Crippen molar-refractivity contribution < 1.29 is 26.6 Å². The second-order valence-electron chi connectivity index (χ2n) is 8.71. The van der Waals surface area contributed by atoms with E-state index in [9.17, 15) is 26.6 Å². The molecule has 0 aliphatic heterocycles. The van der Waals surface area contributed by atoms with Gasteiger partial charge in [-0.05, 0) is 42.3 Å². The van der Waals surface area contributed by atoms with Gasteiger partial charge in [-0.1, -0.05) is 30.3 Å². The van der Waals surface area contributed by atoms with Crippen LogP contribution in [0.3, 0.4) is 0 Å². The van der Waals surface area contributed by atoms with Crippen LogP contribution < -0.4 is 14.9 Å². The first kappa shape index (κ1) is 28.3. The fourth-order valence-electron chi connectivity index (χ4n) is 3.61. The van der Waals surface area contributed by atoms with Crippen LogP contribution in [0.1, 0.15) is 35.2 Å². The van der Waals surface area contributed by atoms with Crippen molar-refractivity contribution in [1.82, 2.24) is 15.0 Å². The molecule has 2 unspecified atom stereocenters. The largest absolute Gasteiger partial charge is 0.433 e. The van der Waals surface area contributed by atoms with Crippen LogP contribution in [0.15, 0.2) is 54.6 Å². The Labute approximate surface area is 215 Å². The summed E-state index contributed by atoms with van der Waals surface area (Å²) in [6, 6.07) is 13.5. The van der Waals surface area contributed by atoms with E-state index in [2.05, 4.69) is 15.0 Å². The minimum Gasteiger partial charge on any atom is -0.378 e. The molecule has 1 heterocycles. The van der Waals surface area contributed by atoms with Crippen LogP contribution in [0.2, 0.25) is 0 Å². The molecule has 0 fully saturated rings. The van der Waals surface area contributed by atoms with Gasteiger partial charge in [-0.2, -0.15) is 13.2 Å². The second kappa shape index (κ2) is 11.8. The molecule has 3 rings (SSSR count). The van der Waals surface area contributed by atoms with Gasteiger partial charge in [0.1, 0.15) is 11.5 Å². The Morgan fingerprint density at radius 2 is 1.76 bits per heavy atom. The molecule has 11 heteroatoms. The van der Waals surface area contributed by atoms with Gasteiger partial charge in [0.05, 0.1) is 22.6 Å². The van der Waals surface area contributed by atoms with E-state index in [-0.39, 0.29) is 18.8 Å². The van der Waals surface area contributed by atoms with Crippen molar-refractivity contribution in [3.63, 3.8) is 0 Å². The average Bonchev–Trinajstić information content (AvgIpc) is 2.85. The van der Waals surface area contributed by atoms with Gasteiger partial charge in [-0.25, -0.2) is 18.3 Å². The van der Waals surface area contributed by atoms with E-state index < -0.39 is 40.5 Å². The molecule has 1 amide bonds. The summed E-state index contributed by atoms with van der Waals surface area (Å²) in [5.41, 5.74) is 1.50. The predicted molar refractivity (Wildman–Crippen MR) is 137 cm³/mol. The molecule has 0 saturated carbocycles. The molecule has 0 aliphatic rings. The monoisotopic (exact) mass is 536 g/mol. The Hall–Kier alpha value is -3.31. The maximum atomic E-state index is 14.5. The third kappa shape index (κ3) is 7.36. The first-order valence-electron chi connectivity index (χ1n) is 11.3. The zero-order valence-corrected chi connectivity index (χ0v) is 21.6. The normalized spacial score (nSPS) is 13.2. The standard InChI is InChI=1S/C26H28F4N4O2S/c1-16(17-8-9-19(22(27)13-17)15-32-37(4)36)25(35)31-14-20-10-11-23(26(28,29)30)33-24(20)18-6-5-7-21(12-18)34(2)3/h5-13,16,32H,14-15H2,1-4H3,(H,31,35). The molecule has 3 aromatic rings. The number of rotatable bonds is 9. The molecular weight excluding hydrogens is 508 g/mol. The van der Waals surface area contributed by atoms with Crippen LogP contribution in [0.4, 0.5) is 23.2 Å². The summed E-state index contributed by atoms with van der Waals surface area (Å²) in [4.78, 5) is 18.5. The predicted octanol–water partition coefficient (Wildman–Crippen LogP) is 4.78. The highest BCUT2D eigenvalue weighted by atomic mass is 32.2. The van der Waals surface area contributed by atoms with Crippen LogP contribution in [0, 0.1) is 5.82 Å². The van der Waals surface area contributed by atoms with Gasteiger partial charge < -0.3 is 10.2 Å². The summed E-state index contributed by atoms with van der Waals surface area (Å²) >= 11 is 0. The van der Waals surface area contributed by atoms with E-state index in [4.69, 9.17) is 0 Å². The van der Waals surface area contributed by atoms with Crippen molar-refractivity contribution in [1.29, 1.82) is 0 Å². The van der Waals surface area contributed by atoms with Crippen molar-refractivity contribution in [3.05, 3.63) is 82.8 Å². The van der Waals surface area contributed by atoms with Crippen molar-refractivity contribution >= 4 is 22.6 Å². The Bertz CT molecular complexity index is 1300. The van der Waals surface area contributed by atoms with Gasteiger partial charge in [0, 0.05) is 50.3 Å². The number of carbonyl (C=O) groups is 1. The molecule has 1 aromatic heterocycles. The Morgan fingerprint density at radius 3 is 2.38 bits per heavy atom. The summed E-state index contributed by atoms with van der Waals surface area (Å²) in [7, 11) is 2.34. The molecule has 0 radical (unpaired) electrons. The molecule has 6 nitrogen and oxygen atoms in total. The molecule has 2 atom stereocenters. The van der Waals surface area contributed by atoms with Gasteiger partial charge in [0.15, 0.2) is 0 Å². The Morgan fingerprint density at radius 1 is 1.05 bits per heavy atom. The topological polar surface area (TPSA) is 74.3 Å². The Kier molecular flexibility index (Phi) is 9.03. The fraction of sp³-hybridized carbons (Fsp3) is 0.308. The molecule has 198 valence electrons. The minimum absolute atomic E-state index is 0.0668. The molecule has 2 aromatic carbocycles. The van der Waals surface area contributed by atoms with Gasteiger partial charge in [0.25, 0.3) is 0 Å². The minimum atomic E-state index is -4.62. The number of halogens is 4. The summed E-state index contributed by atoms with van der Waals surface area (Å²) in [6.45, 7) is 1.62. The van der Waals surface area contributed by atoms with Crippen LogP contribution in [0.25, 0.3) is 11.3 Å². The average molecular weight is 537 g/mol. The van der Waals surface area contributed by atoms with Crippen molar-refractivity contribution in [2.45, 2.75) is 32.1 Å². The zero-order chi connectivity index (χ0) is 27.3. The molecule has 0 spiro atoms. The quantitative estimate of drug-likeness (QED) is 0.386. The van der Waals surface area contributed by atoms with E-state index in [1.807, 2.05) is 25.1 Å². The van der Waals surface area contributed by atoms with Crippen molar-refractivity contribution in [3.8, 4) is 11.3 Å². The molecular formula is C26H28F4N4O2S. The zero-order valence-electron chi connectivity index (χ0n) is 20.8. The third-order valence-electron chi connectivity index (χ3n) is 5.79. The second-order valence-corrected chi connectivity index (χ2v) is 9.91. The smallest absolute Gasteiger partial charge is 0.378 e. The number of aromatic nitrogens is 1.